The van der Waals surface area contributed by atoms with Crippen LogP contribution in [0.15, 0.2) is 18.3 Å². The predicted octanol–water partition coefficient (Wildman–Crippen LogP) is 1.02. The normalized spacial score (nSPS) is 11.4. The number of nitrogens with one attached hydrogen (secondary N) is 2. The maximum absolute atomic E-state index is 11.6. The van der Waals surface area contributed by atoms with Crippen molar-refractivity contribution in [1.82, 2.24) is 10.3 Å². The quantitative estimate of drug-likeness (QED) is 0.641. The molecule has 1 aromatic heterocycles. The molecule has 102 valence electrons. The van der Waals surface area contributed by atoms with Gasteiger partial charge in [-0.3, -0.25) is 4.79 Å². The molecule has 0 spiro atoms. The van der Waals surface area contributed by atoms with Crippen molar-refractivity contribution < 1.29 is 9.90 Å². The van der Waals surface area contributed by atoms with Crippen molar-refractivity contribution in [2.24, 2.45) is 0 Å². The Labute approximate surface area is 113 Å². The molecular formula is C14H19N3O2. The van der Waals surface area contributed by atoms with Crippen LogP contribution in [0, 0.1) is 12.3 Å². The van der Waals surface area contributed by atoms with Crippen LogP contribution in [0.5, 0.6) is 0 Å². The first kappa shape index (κ1) is 15.0. The third-order valence-corrected chi connectivity index (χ3v) is 2.52. The Bertz CT molecular complexity index is 437. The van der Waals surface area contributed by atoms with Gasteiger partial charge in [0.25, 0.3) is 5.91 Å². The molecule has 1 unspecified atom stereocenters. The van der Waals surface area contributed by atoms with Gasteiger partial charge >= 0.3 is 0 Å². The highest BCUT2D eigenvalue weighted by Crippen LogP contribution is 2.06. The second-order valence-electron chi connectivity index (χ2n) is 4.14. The van der Waals surface area contributed by atoms with Gasteiger partial charge in [-0.1, -0.05) is 19.3 Å². The summed E-state index contributed by atoms with van der Waals surface area (Å²) < 4.78 is 0. The van der Waals surface area contributed by atoms with Crippen LogP contribution in [0.4, 0.5) is 5.82 Å². The number of aliphatic hydroxyl groups excluding tert-OH is 1. The lowest BCUT2D eigenvalue weighted by molar-refractivity contribution is 0.0958. The molecular weight excluding hydrogens is 242 g/mol. The SMILES string of the molecule is C#CCNC(=O)c1ccc(NCC(O)CCC)nc1. The second kappa shape index (κ2) is 8.11. The topological polar surface area (TPSA) is 74.2 Å². The van der Waals surface area contributed by atoms with Gasteiger partial charge in [-0.2, -0.15) is 0 Å². The van der Waals surface area contributed by atoms with E-state index >= 15 is 0 Å². The summed E-state index contributed by atoms with van der Waals surface area (Å²) in [5.41, 5.74) is 0.454. The number of pyridine rings is 1. The summed E-state index contributed by atoms with van der Waals surface area (Å²) in [5.74, 6) is 2.71. The molecule has 5 nitrogen and oxygen atoms in total. The Morgan fingerprint density at radius 3 is 2.95 bits per heavy atom. The molecule has 0 saturated heterocycles. The maximum atomic E-state index is 11.6. The number of hydrogen-bond acceptors (Lipinski definition) is 4. The fraction of sp³-hybridized carbons (Fsp3) is 0.429. The molecule has 1 aromatic rings. The lowest BCUT2D eigenvalue weighted by Crippen LogP contribution is -2.24. The van der Waals surface area contributed by atoms with E-state index in [1.807, 2.05) is 6.92 Å². The Morgan fingerprint density at radius 2 is 2.37 bits per heavy atom. The minimum absolute atomic E-state index is 0.196. The van der Waals surface area contributed by atoms with Crippen molar-refractivity contribution in [3.63, 3.8) is 0 Å². The van der Waals surface area contributed by atoms with E-state index < -0.39 is 0 Å². The van der Waals surface area contributed by atoms with Crippen LogP contribution in [0.1, 0.15) is 30.1 Å². The van der Waals surface area contributed by atoms with Gasteiger partial charge in [0.15, 0.2) is 0 Å². The lowest BCUT2D eigenvalue weighted by atomic mass is 10.2. The smallest absolute Gasteiger partial charge is 0.253 e. The monoisotopic (exact) mass is 261 g/mol. The molecule has 1 amide bonds. The average Bonchev–Trinajstić information content (AvgIpc) is 2.43. The summed E-state index contributed by atoms with van der Waals surface area (Å²) in [6, 6.07) is 3.36. The number of aromatic nitrogens is 1. The molecule has 19 heavy (non-hydrogen) atoms. The van der Waals surface area contributed by atoms with Gasteiger partial charge < -0.3 is 15.7 Å². The zero-order chi connectivity index (χ0) is 14.1. The third kappa shape index (κ3) is 5.40. The van der Waals surface area contributed by atoms with Crippen LogP contribution in [0.2, 0.25) is 0 Å². The van der Waals surface area contributed by atoms with E-state index in [1.165, 1.54) is 6.20 Å². The standard InChI is InChI=1S/C14H19N3O2/c1-3-5-12(18)10-17-13-7-6-11(9-16-13)14(19)15-8-4-2/h2,6-7,9,12,18H,3,5,8,10H2,1H3,(H,15,19)(H,16,17). The zero-order valence-electron chi connectivity index (χ0n) is 11.0. The molecule has 0 aliphatic carbocycles. The molecule has 0 aromatic carbocycles. The summed E-state index contributed by atoms with van der Waals surface area (Å²) in [6.45, 7) is 2.66. The van der Waals surface area contributed by atoms with Gasteiger partial charge in [0.2, 0.25) is 0 Å². The zero-order valence-corrected chi connectivity index (χ0v) is 11.0. The number of amides is 1. The number of rotatable bonds is 7. The van der Waals surface area contributed by atoms with E-state index in [-0.39, 0.29) is 18.6 Å². The highest BCUT2D eigenvalue weighted by atomic mass is 16.3. The van der Waals surface area contributed by atoms with Gasteiger partial charge in [-0.25, -0.2) is 4.98 Å². The molecule has 0 aliphatic heterocycles. The molecule has 1 heterocycles. The van der Waals surface area contributed by atoms with Gasteiger partial charge in [-0.15, -0.1) is 6.42 Å². The first-order valence-electron chi connectivity index (χ1n) is 6.27. The minimum atomic E-state index is -0.384. The molecule has 3 N–H and O–H groups in total. The van der Waals surface area contributed by atoms with Gasteiger partial charge in [0.05, 0.1) is 18.2 Å². The van der Waals surface area contributed by atoms with Gasteiger partial charge in [-0.05, 0) is 18.6 Å². The third-order valence-electron chi connectivity index (χ3n) is 2.52. The van der Waals surface area contributed by atoms with E-state index in [4.69, 9.17) is 6.42 Å². The number of aliphatic hydroxyl groups is 1. The van der Waals surface area contributed by atoms with E-state index in [9.17, 15) is 9.90 Å². The number of carbonyl (C=O) groups is 1. The number of anilines is 1. The van der Waals surface area contributed by atoms with Crippen molar-refractivity contribution in [2.75, 3.05) is 18.4 Å². The van der Waals surface area contributed by atoms with E-state index in [0.717, 1.165) is 12.8 Å². The van der Waals surface area contributed by atoms with Gasteiger partial charge in [0, 0.05) is 12.7 Å². The van der Waals surface area contributed by atoms with E-state index in [2.05, 4.69) is 21.5 Å². The number of nitrogens with zero attached hydrogens (tertiary/aromatic N) is 1. The van der Waals surface area contributed by atoms with Crippen LogP contribution in [-0.4, -0.2) is 35.2 Å². The predicted molar refractivity (Wildman–Crippen MR) is 74.8 cm³/mol. The molecule has 0 aliphatic rings. The van der Waals surface area contributed by atoms with E-state index in [0.29, 0.717) is 17.9 Å². The summed E-state index contributed by atoms with van der Waals surface area (Å²) >= 11 is 0. The van der Waals surface area contributed by atoms with Crippen LogP contribution >= 0.6 is 0 Å². The van der Waals surface area contributed by atoms with E-state index in [1.54, 1.807) is 12.1 Å². The molecule has 5 heteroatoms. The van der Waals surface area contributed by atoms with Crippen LogP contribution in [-0.2, 0) is 0 Å². The minimum Gasteiger partial charge on any atom is -0.391 e. The summed E-state index contributed by atoms with van der Waals surface area (Å²) in [5, 5.41) is 15.2. The fourth-order valence-corrected chi connectivity index (χ4v) is 1.52. The number of terminal acetylenes is 1. The first-order chi connectivity index (χ1) is 9.17. The second-order valence-corrected chi connectivity index (χ2v) is 4.14. The Morgan fingerprint density at radius 1 is 1.58 bits per heavy atom. The summed E-state index contributed by atoms with van der Waals surface area (Å²) in [6.07, 6.45) is 7.83. The van der Waals surface area contributed by atoms with Gasteiger partial charge in [0.1, 0.15) is 5.82 Å². The van der Waals surface area contributed by atoms with Crippen LogP contribution in [0.25, 0.3) is 0 Å². The Kier molecular flexibility index (Phi) is 6.41. The Balaban J connectivity index is 2.47. The number of hydrogen-bond donors (Lipinski definition) is 3. The van der Waals surface area contributed by atoms with Crippen LogP contribution < -0.4 is 10.6 Å². The molecule has 1 atom stereocenters. The number of carbonyl (C=O) groups excluding carboxylic acids is 1. The lowest BCUT2D eigenvalue weighted by Gasteiger charge is -2.11. The van der Waals surface area contributed by atoms with Crippen molar-refractivity contribution in [3.8, 4) is 12.3 Å². The van der Waals surface area contributed by atoms with Crippen molar-refractivity contribution in [1.29, 1.82) is 0 Å². The average molecular weight is 261 g/mol. The largest absolute Gasteiger partial charge is 0.391 e. The maximum Gasteiger partial charge on any atom is 0.253 e. The first-order valence-corrected chi connectivity index (χ1v) is 6.27. The molecule has 1 rings (SSSR count). The fourth-order valence-electron chi connectivity index (χ4n) is 1.52. The summed E-state index contributed by atoms with van der Waals surface area (Å²) in [4.78, 5) is 15.7. The Hall–Kier alpha value is -2.06. The molecule has 0 radical (unpaired) electrons. The van der Waals surface area contributed by atoms with Crippen molar-refractivity contribution >= 4 is 11.7 Å². The molecule has 0 bridgehead atoms. The van der Waals surface area contributed by atoms with Crippen molar-refractivity contribution in [3.05, 3.63) is 23.9 Å². The molecule has 0 fully saturated rings. The highest BCUT2D eigenvalue weighted by molar-refractivity contribution is 5.94. The van der Waals surface area contributed by atoms with Crippen LogP contribution in [0.3, 0.4) is 0 Å². The van der Waals surface area contributed by atoms with Crippen molar-refractivity contribution in [2.45, 2.75) is 25.9 Å². The molecule has 0 saturated carbocycles. The summed E-state index contributed by atoms with van der Waals surface area (Å²) in [7, 11) is 0. The highest BCUT2D eigenvalue weighted by Gasteiger charge is 2.06.